The molecule has 0 unspecified atom stereocenters. The number of fused-ring (bicyclic) bond motifs is 3. The van der Waals surface area contributed by atoms with Gasteiger partial charge in [0.2, 0.25) is 0 Å². The summed E-state index contributed by atoms with van der Waals surface area (Å²) in [5.74, 6) is 0.191. The topological polar surface area (TPSA) is 61.0 Å². The monoisotopic (exact) mass is 309 g/mol. The first-order valence-electron chi connectivity index (χ1n) is 7.23. The van der Waals surface area contributed by atoms with Gasteiger partial charge in [-0.25, -0.2) is 9.37 Å². The molecule has 114 valence electrons. The van der Waals surface area contributed by atoms with Crippen LogP contribution in [0.25, 0.3) is 22.6 Å². The van der Waals surface area contributed by atoms with Crippen LogP contribution in [0.2, 0.25) is 0 Å². The number of nitro benzene ring substituents is 1. The highest BCUT2D eigenvalue weighted by Crippen LogP contribution is 2.39. The first kappa shape index (κ1) is 13.6. The molecule has 23 heavy (non-hydrogen) atoms. The van der Waals surface area contributed by atoms with E-state index < -0.39 is 10.7 Å². The second-order valence-electron chi connectivity index (χ2n) is 5.45. The number of nitro groups is 1. The van der Waals surface area contributed by atoms with Crippen molar-refractivity contribution in [2.45, 2.75) is 13.0 Å². The standard InChI is InChI=1S/C17H12FN3O2/c18-13-8-12-6-7-20-15(16(12)14(9-13)21(22)23)10-19-17(20)11-4-2-1-3-5-11/h1-5,8-10H,6-7H2. The van der Waals surface area contributed by atoms with Crippen LogP contribution in [0.5, 0.6) is 0 Å². The van der Waals surface area contributed by atoms with E-state index >= 15 is 0 Å². The molecule has 3 aromatic rings. The summed E-state index contributed by atoms with van der Waals surface area (Å²) >= 11 is 0. The van der Waals surface area contributed by atoms with Crippen LogP contribution in [0.3, 0.4) is 0 Å². The van der Waals surface area contributed by atoms with Gasteiger partial charge in [0.05, 0.1) is 28.4 Å². The van der Waals surface area contributed by atoms with Gasteiger partial charge in [0.25, 0.3) is 5.69 Å². The smallest absolute Gasteiger partial charge is 0.281 e. The minimum atomic E-state index is -0.577. The van der Waals surface area contributed by atoms with Crippen molar-refractivity contribution in [1.82, 2.24) is 9.55 Å². The van der Waals surface area contributed by atoms with E-state index in [1.54, 1.807) is 6.20 Å². The highest BCUT2D eigenvalue weighted by atomic mass is 19.1. The summed E-state index contributed by atoms with van der Waals surface area (Å²) in [4.78, 5) is 15.2. The van der Waals surface area contributed by atoms with Crippen molar-refractivity contribution in [2.75, 3.05) is 0 Å². The van der Waals surface area contributed by atoms with Crippen LogP contribution in [-0.4, -0.2) is 14.5 Å². The van der Waals surface area contributed by atoms with Gasteiger partial charge in [-0.3, -0.25) is 10.1 Å². The van der Waals surface area contributed by atoms with Crippen LogP contribution in [-0.2, 0) is 13.0 Å². The number of hydrogen-bond donors (Lipinski definition) is 0. The molecule has 0 aliphatic carbocycles. The third-order valence-corrected chi connectivity index (χ3v) is 4.11. The zero-order valence-corrected chi connectivity index (χ0v) is 12.1. The molecule has 5 nitrogen and oxygen atoms in total. The lowest BCUT2D eigenvalue weighted by Crippen LogP contribution is -2.13. The van der Waals surface area contributed by atoms with Crippen molar-refractivity contribution >= 4 is 5.69 Å². The summed E-state index contributed by atoms with van der Waals surface area (Å²) in [7, 11) is 0. The average Bonchev–Trinajstić information content (AvgIpc) is 2.98. The van der Waals surface area contributed by atoms with Gasteiger partial charge in [0, 0.05) is 12.1 Å². The Bertz CT molecular complexity index is 919. The molecule has 2 heterocycles. The number of nitrogens with zero attached hydrogens (tertiary/aromatic N) is 3. The number of hydrogen-bond acceptors (Lipinski definition) is 3. The molecule has 6 heteroatoms. The van der Waals surface area contributed by atoms with Gasteiger partial charge in [0.15, 0.2) is 0 Å². The second kappa shape index (κ2) is 5.01. The average molecular weight is 309 g/mol. The third kappa shape index (κ3) is 2.11. The van der Waals surface area contributed by atoms with Gasteiger partial charge in [-0.05, 0) is 18.1 Å². The molecule has 0 saturated carbocycles. The third-order valence-electron chi connectivity index (χ3n) is 4.11. The molecule has 0 saturated heterocycles. The molecule has 4 rings (SSSR count). The summed E-state index contributed by atoms with van der Waals surface area (Å²) in [6.07, 6.45) is 2.17. The first-order chi connectivity index (χ1) is 11.1. The highest BCUT2D eigenvalue weighted by molar-refractivity contribution is 5.77. The number of aryl methyl sites for hydroxylation is 1. The van der Waals surface area contributed by atoms with E-state index in [1.807, 2.05) is 34.9 Å². The lowest BCUT2D eigenvalue weighted by molar-refractivity contribution is -0.384. The van der Waals surface area contributed by atoms with Gasteiger partial charge in [-0.1, -0.05) is 30.3 Å². The Balaban J connectivity index is 1.95. The molecule has 0 fully saturated rings. The van der Waals surface area contributed by atoms with E-state index in [1.165, 1.54) is 6.07 Å². The summed E-state index contributed by atoms with van der Waals surface area (Å²) in [5, 5.41) is 11.3. The molecule has 0 bridgehead atoms. The molecular formula is C17H12FN3O2. The zero-order valence-electron chi connectivity index (χ0n) is 12.1. The van der Waals surface area contributed by atoms with Crippen LogP contribution in [0, 0.1) is 15.9 Å². The van der Waals surface area contributed by atoms with Crippen molar-refractivity contribution < 1.29 is 9.31 Å². The Morgan fingerprint density at radius 1 is 1.22 bits per heavy atom. The molecular weight excluding hydrogens is 297 g/mol. The first-order valence-corrected chi connectivity index (χ1v) is 7.23. The fourth-order valence-corrected chi connectivity index (χ4v) is 3.14. The van der Waals surface area contributed by atoms with Crippen molar-refractivity contribution in [3.05, 3.63) is 70.2 Å². The SMILES string of the molecule is O=[N+]([O-])c1cc(F)cc2c1-c1cnc(-c3ccccc3)n1CC2. The number of rotatable bonds is 2. The Morgan fingerprint density at radius 2 is 2.00 bits per heavy atom. The Morgan fingerprint density at radius 3 is 2.74 bits per heavy atom. The molecule has 0 spiro atoms. The zero-order chi connectivity index (χ0) is 16.0. The van der Waals surface area contributed by atoms with Gasteiger partial charge in [-0.2, -0.15) is 0 Å². The fourth-order valence-electron chi connectivity index (χ4n) is 3.14. The van der Waals surface area contributed by atoms with E-state index in [4.69, 9.17) is 0 Å². The highest BCUT2D eigenvalue weighted by Gasteiger charge is 2.28. The Kier molecular flexibility index (Phi) is 2.97. The Hall–Kier alpha value is -3.02. The predicted molar refractivity (Wildman–Crippen MR) is 83.4 cm³/mol. The van der Waals surface area contributed by atoms with Crippen molar-refractivity contribution in [3.8, 4) is 22.6 Å². The number of halogens is 1. The maximum atomic E-state index is 13.6. The lowest BCUT2D eigenvalue weighted by atomic mass is 9.96. The molecule has 0 N–H and O–H groups in total. The minimum absolute atomic E-state index is 0.208. The van der Waals surface area contributed by atoms with Crippen molar-refractivity contribution in [3.63, 3.8) is 0 Å². The van der Waals surface area contributed by atoms with E-state index in [2.05, 4.69) is 4.98 Å². The van der Waals surface area contributed by atoms with Crippen molar-refractivity contribution in [2.24, 2.45) is 0 Å². The van der Waals surface area contributed by atoms with E-state index in [-0.39, 0.29) is 5.69 Å². The van der Waals surface area contributed by atoms with Gasteiger partial charge in [0.1, 0.15) is 11.6 Å². The summed E-state index contributed by atoms with van der Waals surface area (Å²) in [6, 6.07) is 12.0. The molecule has 0 atom stereocenters. The maximum absolute atomic E-state index is 13.6. The molecule has 1 aromatic heterocycles. The minimum Gasteiger partial charge on any atom is -0.323 e. The van der Waals surface area contributed by atoms with Crippen LogP contribution < -0.4 is 0 Å². The number of imidazole rings is 1. The van der Waals surface area contributed by atoms with Crippen LogP contribution in [0.15, 0.2) is 48.7 Å². The van der Waals surface area contributed by atoms with Gasteiger partial charge >= 0.3 is 0 Å². The van der Waals surface area contributed by atoms with Crippen LogP contribution in [0.1, 0.15) is 5.56 Å². The number of benzene rings is 2. The van der Waals surface area contributed by atoms with E-state index in [0.29, 0.717) is 29.8 Å². The van der Waals surface area contributed by atoms with Gasteiger partial charge < -0.3 is 4.57 Å². The van der Waals surface area contributed by atoms with Crippen LogP contribution >= 0.6 is 0 Å². The van der Waals surface area contributed by atoms with Crippen molar-refractivity contribution in [1.29, 1.82) is 0 Å². The normalized spacial score (nSPS) is 12.6. The summed E-state index contributed by atoms with van der Waals surface area (Å²) in [5.41, 5.74) is 2.53. The molecule has 0 amide bonds. The lowest BCUT2D eigenvalue weighted by Gasteiger charge is -2.20. The van der Waals surface area contributed by atoms with E-state index in [9.17, 15) is 14.5 Å². The summed E-state index contributed by atoms with van der Waals surface area (Å²) in [6.45, 7) is 0.618. The maximum Gasteiger partial charge on any atom is 0.281 e. The van der Waals surface area contributed by atoms with Crippen LogP contribution in [0.4, 0.5) is 10.1 Å². The summed E-state index contributed by atoms with van der Waals surface area (Å²) < 4.78 is 15.6. The largest absolute Gasteiger partial charge is 0.323 e. The van der Waals surface area contributed by atoms with E-state index in [0.717, 1.165) is 17.5 Å². The fraction of sp³-hybridized carbons (Fsp3) is 0.118. The number of aromatic nitrogens is 2. The molecule has 1 aliphatic heterocycles. The quantitative estimate of drug-likeness (QED) is 0.534. The Labute approximate surface area is 131 Å². The molecule has 2 aromatic carbocycles. The van der Waals surface area contributed by atoms with Gasteiger partial charge in [-0.15, -0.1) is 0 Å². The second-order valence-corrected chi connectivity index (χ2v) is 5.45. The molecule has 0 radical (unpaired) electrons. The molecule has 1 aliphatic rings. The predicted octanol–water partition coefficient (Wildman–Crippen LogP) is 3.82.